The third-order valence-corrected chi connectivity index (χ3v) is 4.14. The monoisotopic (exact) mass is 348 g/mol. The van der Waals surface area contributed by atoms with Crippen LogP contribution in [0.25, 0.3) is 0 Å². The van der Waals surface area contributed by atoms with Gasteiger partial charge in [0.25, 0.3) is 5.69 Å². The van der Waals surface area contributed by atoms with Crippen molar-refractivity contribution >= 4 is 31.6 Å². The average Bonchev–Trinajstić information content (AvgIpc) is 2.27. The SMILES string of the molecule is CC(C)=CCNS(=O)(=O)c1cc(Br)ccc1[N+](=O)[O-]. The number of allylic oxidation sites excluding steroid dienone is 1. The third kappa shape index (κ3) is 4.41. The molecule has 0 atom stereocenters. The Morgan fingerprint density at radius 2 is 2.11 bits per heavy atom. The molecule has 0 amide bonds. The lowest BCUT2D eigenvalue weighted by molar-refractivity contribution is -0.387. The van der Waals surface area contributed by atoms with Gasteiger partial charge in [-0.3, -0.25) is 10.1 Å². The van der Waals surface area contributed by atoms with Gasteiger partial charge in [0.05, 0.1) is 4.92 Å². The molecular formula is C11H13BrN2O4S. The minimum absolute atomic E-state index is 0.0916. The molecule has 0 aliphatic carbocycles. The van der Waals surface area contributed by atoms with E-state index in [0.717, 1.165) is 11.6 Å². The Labute approximate surface area is 119 Å². The molecule has 1 aromatic rings. The number of nitro benzene ring substituents is 1. The Bertz CT molecular complexity index is 622. The number of nitrogens with one attached hydrogen (secondary N) is 1. The van der Waals surface area contributed by atoms with Crippen molar-refractivity contribution in [2.24, 2.45) is 0 Å². The lowest BCUT2D eigenvalue weighted by Gasteiger charge is -2.06. The summed E-state index contributed by atoms with van der Waals surface area (Å²) in [5, 5.41) is 10.8. The van der Waals surface area contributed by atoms with Gasteiger partial charge < -0.3 is 0 Å². The molecule has 0 aliphatic rings. The highest BCUT2D eigenvalue weighted by molar-refractivity contribution is 9.10. The molecule has 104 valence electrons. The predicted octanol–water partition coefficient (Wildman–Crippen LogP) is 2.60. The van der Waals surface area contributed by atoms with Gasteiger partial charge >= 0.3 is 0 Å². The van der Waals surface area contributed by atoms with Gasteiger partial charge in [-0.1, -0.05) is 27.6 Å². The van der Waals surface area contributed by atoms with E-state index in [9.17, 15) is 18.5 Å². The first-order valence-electron chi connectivity index (χ1n) is 5.31. The molecule has 0 fully saturated rings. The van der Waals surface area contributed by atoms with Crippen molar-refractivity contribution in [1.82, 2.24) is 4.72 Å². The molecule has 1 rings (SSSR count). The molecule has 1 aromatic carbocycles. The number of benzene rings is 1. The molecule has 0 unspecified atom stereocenters. The minimum Gasteiger partial charge on any atom is -0.258 e. The average molecular weight is 349 g/mol. The van der Waals surface area contributed by atoms with E-state index in [0.29, 0.717) is 4.47 Å². The molecule has 0 radical (unpaired) electrons. The summed E-state index contributed by atoms with van der Waals surface area (Å²) in [5.41, 5.74) is 0.499. The molecule has 0 aliphatic heterocycles. The van der Waals surface area contributed by atoms with Crippen LogP contribution in [-0.2, 0) is 10.0 Å². The number of rotatable bonds is 5. The zero-order valence-corrected chi connectivity index (χ0v) is 12.8. The fraction of sp³-hybridized carbons (Fsp3) is 0.273. The van der Waals surface area contributed by atoms with E-state index < -0.39 is 20.6 Å². The van der Waals surface area contributed by atoms with Crippen LogP contribution in [-0.4, -0.2) is 19.9 Å². The van der Waals surface area contributed by atoms with E-state index in [1.54, 1.807) is 6.08 Å². The van der Waals surface area contributed by atoms with Crippen molar-refractivity contribution in [2.45, 2.75) is 18.7 Å². The molecule has 1 N–H and O–H groups in total. The summed E-state index contributed by atoms with van der Waals surface area (Å²) >= 11 is 3.10. The Morgan fingerprint density at radius 1 is 1.47 bits per heavy atom. The minimum atomic E-state index is -3.92. The van der Waals surface area contributed by atoms with Crippen molar-refractivity contribution in [3.63, 3.8) is 0 Å². The summed E-state index contributed by atoms with van der Waals surface area (Å²) in [6.07, 6.45) is 1.68. The largest absolute Gasteiger partial charge is 0.289 e. The van der Waals surface area contributed by atoms with Crippen LogP contribution >= 0.6 is 15.9 Å². The van der Waals surface area contributed by atoms with Gasteiger partial charge in [0.15, 0.2) is 4.90 Å². The number of halogens is 1. The quantitative estimate of drug-likeness (QED) is 0.503. The zero-order chi connectivity index (χ0) is 14.6. The van der Waals surface area contributed by atoms with Crippen LogP contribution in [0, 0.1) is 10.1 Å². The molecule has 0 saturated carbocycles. The Morgan fingerprint density at radius 3 is 2.63 bits per heavy atom. The van der Waals surface area contributed by atoms with E-state index in [1.807, 2.05) is 13.8 Å². The first-order chi connectivity index (χ1) is 8.74. The standard InChI is InChI=1S/C11H13BrN2O4S/c1-8(2)5-6-13-19(17,18)11-7-9(12)3-4-10(11)14(15)16/h3-5,7,13H,6H2,1-2H3. The van der Waals surface area contributed by atoms with Gasteiger partial charge in [-0.2, -0.15) is 0 Å². The van der Waals surface area contributed by atoms with Gasteiger partial charge in [0, 0.05) is 17.1 Å². The van der Waals surface area contributed by atoms with Crippen molar-refractivity contribution in [3.8, 4) is 0 Å². The summed E-state index contributed by atoms with van der Waals surface area (Å²) in [5.74, 6) is 0. The van der Waals surface area contributed by atoms with Crippen molar-refractivity contribution in [3.05, 3.63) is 44.4 Å². The summed E-state index contributed by atoms with van der Waals surface area (Å²) in [4.78, 5) is 9.77. The molecule has 0 heterocycles. The number of sulfonamides is 1. The van der Waals surface area contributed by atoms with Crippen LogP contribution in [0.15, 0.2) is 39.2 Å². The van der Waals surface area contributed by atoms with Gasteiger partial charge in [0.1, 0.15) is 0 Å². The lowest BCUT2D eigenvalue weighted by Crippen LogP contribution is -2.24. The van der Waals surface area contributed by atoms with Gasteiger partial charge in [-0.05, 0) is 26.0 Å². The number of hydrogen-bond donors (Lipinski definition) is 1. The lowest BCUT2D eigenvalue weighted by atomic mass is 10.3. The van der Waals surface area contributed by atoms with Crippen LogP contribution in [0.3, 0.4) is 0 Å². The van der Waals surface area contributed by atoms with Crippen LogP contribution in [0.1, 0.15) is 13.8 Å². The number of nitro groups is 1. The number of hydrogen-bond acceptors (Lipinski definition) is 4. The van der Waals surface area contributed by atoms with E-state index >= 15 is 0 Å². The highest BCUT2D eigenvalue weighted by atomic mass is 79.9. The number of nitrogens with zero attached hydrogens (tertiary/aromatic N) is 1. The fourth-order valence-corrected chi connectivity index (χ4v) is 2.96. The summed E-state index contributed by atoms with van der Waals surface area (Å²) in [6, 6.07) is 3.79. The smallest absolute Gasteiger partial charge is 0.258 e. The summed E-state index contributed by atoms with van der Waals surface area (Å²) in [6.45, 7) is 3.75. The normalized spacial score (nSPS) is 11.1. The maximum atomic E-state index is 12.0. The Hall–Kier alpha value is -1.25. The van der Waals surface area contributed by atoms with Gasteiger partial charge in [0.2, 0.25) is 10.0 Å². The predicted molar refractivity (Wildman–Crippen MR) is 75.4 cm³/mol. The molecule has 0 spiro atoms. The maximum Gasteiger partial charge on any atom is 0.289 e. The molecule has 0 aromatic heterocycles. The van der Waals surface area contributed by atoms with Gasteiger partial charge in [-0.15, -0.1) is 0 Å². The second-order valence-electron chi connectivity index (χ2n) is 4.00. The van der Waals surface area contributed by atoms with E-state index in [1.165, 1.54) is 12.1 Å². The van der Waals surface area contributed by atoms with E-state index in [4.69, 9.17) is 0 Å². The van der Waals surface area contributed by atoms with E-state index in [2.05, 4.69) is 20.7 Å². The van der Waals surface area contributed by atoms with Crippen molar-refractivity contribution < 1.29 is 13.3 Å². The summed E-state index contributed by atoms with van der Waals surface area (Å²) < 4.78 is 26.8. The molecule has 0 saturated heterocycles. The first-order valence-corrected chi connectivity index (χ1v) is 7.58. The van der Waals surface area contributed by atoms with Crippen molar-refractivity contribution in [1.29, 1.82) is 0 Å². The van der Waals surface area contributed by atoms with Gasteiger partial charge in [-0.25, -0.2) is 13.1 Å². The Balaban J connectivity index is 3.17. The molecular weight excluding hydrogens is 336 g/mol. The molecule has 19 heavy (non-hydrogen) atoms. The van der Waals surface area contributed by atoms with Crippen molar-refractivity contribution in [2.75, 3.05) is 6.54 Å². The molecule has 8 heteroatoms. The maximum absolute atomic E-state index is 12.0. The van der Waals surface area contributed by atoms with Crippen LogP contribution < -0.4 is 4.72 Å². The third-order valence-electron chi connectivity index (χ3n) is 2.19. The first kappa shape index (κ1) is 15.8. The molecule has 6 nitrogen and oxygen atoms in total. The van der Waals surface area contributed by atoms with Crippen LogP contribution in [0.2, 0.25) is 0 Å². The topological polar surface area (TPSA) is 89.3 Å². The van der Waals surface area contributed by atoms with Crippen LogP contribution in [0.5, 0.6) is 0 Å². The second kappa shape index (κ2) is 6.27. The molecule has 0 bridgehead atoms. The Kier molecular flexibility index (Phi) is 5.21. The zero-order valence-electron chi connectivity index (χ0n) is 10.4. The summed E-state index contributed by atoms with van der Waals surface area (Å²) in [7, 11) is -3.92. The highest BCUT2D eigenvalue weighted by Gasteiger charge is 2.25. The highest BCUT2D eigenvalue weighted by Crippen LogP contribution is 2.26. The second-order valence-corrected chi connectivity index (χ2v) is 6.65. The van der Waals surface area contributed by atoms with Crippen LogP contribution in [0.4, 0.5) is 5.69 Å². The van der Waals surface area contributed by atoms with E-state index in [-0.39, 0.29) is 11.4 Å². The fourth-order valence-electron chi connectivity index (χ4n) is 1.29.